The first-order valence-corrected chi connectivity index (χ1v) is 9.85. The van der Waals surface area contributed by atoms with Crippen LogP contribution < -0.4 is 4.74 Å². The smallest absolute Gasteiger partial charge is 0.358 e. The molecule has 2 aromatic rings. The lowest BCUT2D eigenvalue weighted by Crippen LogP contribution is -2.30. The Hall–Kier alpha value is -2.45. The van der Waals surface area contributed by atoms with E-state index < -0.39 is 11.8 Å². The van der Waals surface area contributed by atoms with Gasteiger partial charge in [-0.2, -0.15) is 5.10 Å². The van der Waals surface area contributed by atoms with Crippen LogP contribution in [0.3, 0.4) is 0 Å². The van der Waals surface area contributed by atoms with Gasteiger partial charge in [0, 0.05) is 24.8 Å². The summed E-state index contributed by atoms with van der Waals surface area (Å²) in [7, 11) is 1.46. The molecule has 1 fully saturated rings. The van der Waals surface area contributed by atoms with Crippen molar-refractivity contribution in [3.63, 3.8) is 0 Å². The van der Waals surface area contributed by atoms with Crippen molar-refractivity contribution in [1.82, 2.24) is 9.78 Å². The Labute approximate surface area is 169 Å². The zero-order chi connectivity index (χ0) is 20.8. The summed E-state index contributed by atoms with van der Waals surface area (Å²) in [6.07, 6.45) is 2.38. The second kappa shape index (κ2) is 9.84. The number of ether oxygens (including phenoxy) is 4. The highest BCUT2D eigenvalue weighted by Crippen LogP contribution is 2.26. The van der Waals surface area contributed by atoms with E-state index in [1.54, 1.807) is 23.7 Å². The second-order valence-corrected chi connectivity index (χ2v) is 6.96. The van der Waals surface area contributed by atoms with Crippen molar-refractivity contribution < 1.29 is 28.1 Å². The maximum Gasteiger partial charge on any atom is 0.358 e. The third kappa shape index (κ3) is 5.33. The van der Waals surface area contributed by atoms with Crippen LogP contribution in [0.15, 0.2) is 24.3 Å². The molecule has 0 spiro atoms. The third-order valence-electron chi connectivity index (χ3n) is 4.68. The van der Waals surface area contributed by atoms with E-state index in [9.17, 15) is 9.18 Å². The van der Waals surface area contributed by atoms with Crippen LogP contribution in [0.25, 0.3) is 5.69 Å². The standard InChI is InChI=1S/C21H27FN2O5/c1-4-28-21(25)18-12-16(10-14(2)29-17-6-5-9-27-13-17)24(23-18)19-8-7-15(22)11-20(19)26-3/h7-8,11-12,14,17H,4-6,9-10,13H2,1-3H3. The molecule has 0 saturated carbocycles. The molecule has 1 aliphatic rings. The Bertz CT molecular complexity index is 832. The Morgan fingerprint density at radius 3 is 2.93 bits per heavy atom. The first kappa shape index (κ1) is 21.3. The topological polar surface area (TPSA) is 71.8 Å². The van der Waals surface area contributed by atoms with E-state index in [0.717, 1.165) is 25.1 Å². The van der Waals surface area contributed by atoms with Gasteiger partial charge in [0.05, 0.1) is 32.5 Å². The normalized spacial score (nSPS) is 17.7. The largest absolute Gasteiger partial charge is 0.494 e. The summed E-state index contributed by atoms with van der Waals surface area (Å²) in [5.41, 5.74) is 1.45. The predicted octanol–water partition coefficient (Wildman–Crippen LogP) is 3.32. The number of rotatable bonds is 8. The number of hydrogen-bond acceptors (Lipinski definition) is 6. The van der Waals surface area contributed by atoms with Crippen LogP contribution in [0.5, 0.6) is 5.75 Å². The van der Waals surface area contributed by atoms with Gasteiger partial charge < -0.3 is 18.9 Å². The summed E-state index contributed by atoms with van der Waals surface area (Å²) in [6, 6.07) is 5.86. The molecule has 158 valence electrons. The van der Waals surface area contributed by atoms with E-state index in [1.165, 1.54) is 19.2 Å². The Kier molecular flexibility index (Phi) is 7.22. The van der Waals surface area contributed by atoms with Crippen LogP contribution in [0.4, 0.5) is 4.39 Å². The molecule has 0 amide bonds. The summed E-state index contributed by atoms with van der Waals surface area (Å²) in [5.74, 6) is -0.610. The van der Waals surface area contributed by atoms with Gasteiger partial charge in [0.15, 0.2) is 5.69 Å². The summed E-state index contributed by atoms with van der Waals surface area (Å²) >= 11 is 0. The van der Waals surface area contributed by atoms with Crippen molar-refractivity contribution in [1.29, 1.82) is 0 Å². The summed E-state index contributed by atoms with van der Waals surface area (Å²) in [5, 5.41) is 4.40. The average molecular weight is 406 g/mol. The van der Waals surface area contributed by atoms with E-state index >= 15 is 0 Å². The quantitative estimate of drug-likeness (QED) is 0.627. The molecular formula is C21H27FN2O5. The molecule has 0 bridgehead atoms. The van der Waals surface area contributed by atoms with Crippen molar-refractivity contribution in [3.05, 3.63) is 41.5 Å². The summed E-state index contributed by atoms with van der Waals surface area (Å²) < 4.78 is 37.2. The lowest BCUT2D eigenvalue weighted by molar-refractivity contribution is -0.0781. The van der Waals surface area contributed by atoms with Gasteiger partial charge in [-0.1, -0.05) is 0 Å². The zero-order valence-corrected chi connectivity index (χ0v) is 17.0. The van der Waals surface area contributed by atoms with Gasteiger partial charge in [-0.25, -0.2) is 13.9 Å². The number of carbonyl (C=O) groups excluding carboxylic acids is 1. The number of hydrogen-bond donors (Lipinski definition) is 0. The molecule has 7 nitrogen and oxygen atoms in total. The van der Waals surface area contributed by atoms with Gasteiger partial charge >= 0.3 is 5.97 Å². The number of nitrogens with zero attached hydrogens (tertiary/aromatic N) is 2. The van der Waals surface area contributed by atoms with E-state index in [0.29, 0.717) is 24.5 Å². The van der Waals surface area contributed by atoms with Gasteiger partial charge in [0.1, 0.15) is 17.3 Å². The van der Waals surface area contributed by atoms with Gasteiger partial charge in [-0.3, -0.25) is 0 Å². The molecule has 2 heterocycles. The first-order chi connectivity index (χ1) is 14.0. The van der Waals surface area contributed by atoms with Gasteiger partial charge in [0.2, 0.25) is 0 Å². The van der Waals surface area contributed by atoms with Crippen LogP contribution in [-0.2, 0) is 20.6 Å². The highest BCUT2D eigenvalue weighted by atomic mass is 19.1. The number of aromatic nitrogens is 2. The second-order valence-electron chi connectivity index (χ2n) is 6.96. The summed E-state index contributed by atoms with van der Waals surface area (Å²) in [6.45, 7) is 5.32. The number of esters is 1. The lowest BCUT2D eigenvalue weighted by atomic mass is 10.1. The Morgan fingerprint density at radius 1 is 1.41 bits per heavy atom. The lowest BCUT2D eigenvalue weighted by Gasteiger charge is -2.26. The highest BCUT2D eigenvalue weighted by Gasteiger charge is 2.22. The zero-order valence-electron chi connectivity index (χ0n) is 17.0. The van der Waals surface area contributed by atoms with Crippen molar-refractivity contribution >= 4 is 5.97 Å². The maximum absolute atomic E-state index is 13.6. The SMILES string of the molecule is CCOC(=O)c1cc(CC(C)OC2CCCOC2)n(-c2ccc(F)cc2OC)n1. The van der Waals surface area contributed by atoms with Crippen LogP contribution in [0, 0.1) is 5.82 Å². The van der Waals surface area contributed by atoms with Crippen LogP contribution in [-0.4, -0.2) is 54.9 Å². The van der Waals surface area contributed by atoms with Gasteiger partial charge in [0.25, 0.3) is 0 Å². The fourth-order valence-corrected chi connectivity index (χ4v) is 3.39. The minimum Gasteiger partial charge on any atom is -0.494 e. The average Bonchev–Trinajstić information content (AvgIpc) is 3.12. The minimum absolute atomic E-state index is 0.0556. The van der Waals surface area contributed by atoms with E-state index in [2.05, 4.69) is 5.10 Å². The van der Waals surface area contributed by atoms with Crippen LogP contribution in [0.2, 0.25) is 0 Å². The summed E-state index contributed by atoms with van der Waals surface area (Å²) in [4.78, 5) is 12.2. The molecule has 0 radical (unpaired) electrons. The van der Waals surface area contributed by atoms with Crippen LogP contribution >= 0.6 is 0 Å². The molecule has 3 rings (SSSR count). The number of halogens is 1. The molecule has 1 aromatic carbocycles. The van der Waals surface area contributed by atoms with Gasteiger partial charge in [-0.15, -0.1) is 0 Å². The molecule has 8 heteroatoms. The molecule has 0 N–H and O–H groups in total. The molecular weight excluding hydrogens is 379 g/mol. The van der Waals surface area contributed by atoms with Crippen LogP contribution in [0.1, 0.15) is 42.9 Å². The number of methoxy groups -OCH3 is 1. The predicted molar refractivity (Wildman–Crippen MR) is 104 cm³/mol. The van der Waals surface area contributed by atoms with E-state index in [-0.39, 0.29) is 24.5 Å². The van der Waals surface area contributed by atoms with E-state index in [1.807, 2.05) is 6.92 Å². The van der Waals surface area contributed by atoms with Crippen molar-refractivity contribution in [2.75, 3.05) is 26.9 Å². The first-order valence-electron chi connectivity index (χ1n) is 9.85. The Balaban J connectivity index is 1.89. The molecule has 0 aliphatic carbocycles. The monoisotopic (exact) mass is 406 g/mol. The van der Waals surface area contributed by atoms with Crippen molar-refractivity contribution in [2.24, 2.45) is 0 Å². The number of benzene rings is 1. The molecule has 1 saturated heterocycles. The molecule has 29 heavy (non-hydrogen) atoms. The fraction of sp³-hybridized carbons (Fsp3) is 0.524. The molecule has 2 unspecified atom stereocenters. The number of carbonyl (C=O) groups is 1. The minimum atomic E-state index is -0.511. The van der Waals surface area contributed by atoms with Crippen molar-refractivity contribution in [2.45, 2.75) is 45.3 Å². The third-order valence-corrected chi connectivity index (χ3v) is 4.68. The molecule has 2 atom stereocenters. The van der Waals surface area contributed by atoms with Gasteiger partial charge in [-0.05, 0) is 44.9 Å². The maximum atomic E-state index is 13.6. The van der Waals surface area contributed by atoms with E-state index in [4.69, 9.17) is 18.9 Å². The Morgan fingerprint density at radius 2 is 2.24 bits per heavy atom. The highest BCUT2D eigenvalue weighted by molar-refractivity contribution is 5.87. The molecule has 1 aromatic heterocycles. The molecule has 1 aliphatic heterocycles. The van der Waals surface area contributed by atoms with Crippen molar-refractivity contribution in [3.8, 4) is 11.4 Å². The fourth-order valence-electron chi connectivity index (χ4n) is 3.39.